The molecule has 0 bridgehead atoms. The lowest BCUT2D eigenvalue weighted by Crippen LogP contribution is -2.32. The van der Waals surface area contributed by atoms with Gasteiger partial charge >= 0.3 is 0 Å². The first-order chi connectivity index (χ1) is 13.3. The van der Waals surface area contributed by atoms with Crippen LogP contribution in [-0.2, 0) is 16.3 Å². The standard InChI is InChI=1S/C23H26N2O2S/c1-17(2)16-25-12-4-5-20-13-19(8-11-23(20)25)14-22(15-24)28(26,27)21-9-6-18(3)7-10-21/h6-11,13-14,17H,4-5,12,16H2,1-3H3/b22-14+. The van der Waals surface area contributed by atoms with E-state index in [4.69, 9.17) is 0 Å². The van der Waals surface area contributed by atoms with Crippen molar-refractivity contribution in [2.75, 3.05) is 18.0 Å². The van der Waals surface area contributed by atoms with E-state index in [1.54, 1.807) is 24.3 Å². The predicted octanol–water partition coefficient (Wildman–Crippen LogP) is 4.74. The monoisotopic (exact) mass is 394 g/mol. The van der Waals surface area contributed by atoms with Crippen LogP contribution in [0.3, 0.4) is 0 Å². The molecule has 5 heteroatoms. The van der Waals surface area contributed by atoms with Gasteiger partial charge in [0.25, 0.3) is 0 Å². The van der Waals surface area contributed by atoms with E-state index in [0.717, 1.165) is 37.1 Å². The lowest BCUT2D eigenvalue weighted by molar-refractivity contribution is 0.584. The summed E-state index contributed by atoms with van der Waals surface area (Å²) in [5.41, 5.74) is 4.15. The number of hydrogen-bond donors (Lipinski definition) is 0. The molecule has 0 amide bonds. The molecule has 0 atom stereocenters. The molecule has 0 radical (unpaired) electrons. The molecule has 2 aromatic rings. The van der Waals surface area contributed by atoms with Crippen LogP contribution in [0.15, 0.2) is 52.3 Å². The highest BCUT2D eigenvalue weighted by Crippen LogP contribution is 2.30. The lowest BCUT2D eigenvalue weighted by atomic mass is 9.98. The second-order valence-corrected chi connectivity index (χ2v) is 9.69. The third-order valence-electron chi connectivity index (χ3n) is 4.93. The fourth-order valence-corrected chi connectivity index (χ4v) is 4.74. The van der Waals surface area contributed by atoms with Crippen LogP contribution in [0.4, 0.5) is 5.69 Å². The van der Waals surface area contributed by atoms with Gasteiger partial charge in [-0.05, 0) is 67.2 Å². The first-order valence-electron chi connectivity index (χ1n) is 9.62. The molecule has 146 valence electrons. The van der Waals surface area contributed by atoms with E-state index in [1.165, 1.54) is 17.3 Å². The quantitative estimate of drug-likeness (QED) is 0.687. The number of anilines is 1. The van der Waals surface area contributed by atoms with E-state index in [0.29, 0.717) is 5.92 Å². The second kappa shape index (κ2) is 8.20. The van der Waals surface area contributed by atoms with Crippen molar-refractivity contribution in [2.45, 2.75) is 38.5 Å². The van der Waals surface area contributed by atoms with Gasteiger partial charge in [0.2, 0.25) is 9.84 Å². The number of allylic oxidation sites excluding steroid dienone is 1. The highest BCUT2D eigenvalue weighted by molar-refractivity contribution is 7.95. The number of hydrogen-bond acceptors (Lipinski definition) is 4. The zero-order valence-corrected chi connectivity index (χ0v) is 17.5. The number of rotatable bonds is 5. The third-order valence-corrected chi connectivity index (χ3v) is 6.61. The van der Waals surface area contributed by atoms with Crippen molar-refractivity contribution in [3.05, 3.63) is 64.1 Å². The van der Waals surface area contributed by atoms with Gasteiger partial charge < -0.3 is 4.90 Å². The summed E-state index contributed by atoms with van der Waals surface area (Å²) in [5.74, 6) is 0.579. The van der Waals surface area contributed by atoms with Crippen molar-refractivity contribution in [3.8, 4) is 6.07 Å². The minimum absolute atomic E-state index is 0.145. The van der Waals surface area contributed by atoms with Crippen molar-refractivity contribution in [2.24, 2.45) is 5.92 Å². The summed E-state index contributed by atoms with van der Waals surface area (Å²) >= 11 is 0. The molecule has 0 aromatic heterocycles. The molecule has 1 heterocycles. The van der Waals surface area contributed by atoms with E-state index >= 15 is 0 Å². The number of fused-ring (bicyclic) bond motifs is 1. The predicted molar refractivity (Wildman–Crippen MR) is 114 cm³/mol. The van der Waals surface area contributed by atoms with E-state index < -0.39 is 9.84 Å². The van der Waals surface area contributed by atoms with Gasteiger partial charge in [0.1, 0.15) is 11.0 Å². The Balaban J connectivity index is 1.95. The van der Waals surface area contributed by atoms with Crippen LogP contribution in [0.1, 0.15) is 37.0 Å². The molecule has 3 rings (SSSR count). The topological polar surface area (TPSA) is 61.2 Å². The summed E-state index contributed by atoms with van der Waals surface area (Å²) in [6.07, 6.45) is 3.54. The largest absolute Gasteiger partial charge is 0.371 e. The Morgan fingerprint density at radius 1 is 1.21 bits per heavy atom. The number of sulfone groups is 1. The summed E-state index contributed by atoms with van der Waals surface area (Å²) in [4.78, 5) is 2.31. The van der Waals surface area contributed by atoms with Crippen LogP contribution in [0, 0.1) is 24.2 Å². The van der Waals surface area contributed by atoms with Gasteiger partial charge in [-0.25, -0.2) is 8.42 Å². The molecule has 0 saturated carbocycles. The molecule has 0 spiro atoms. The zero-order valence-electron chi connectivity index (χ0n) is 16.6. The van der Waals surface area contributed by atoms with Crippen LogP contribution in [0.25, 0.3) is 6.08 Å². The van der Waals surface area contributed by atoms with E-state index in [1.807, 2.05) is 25.1 Å². The number of benzene rings is 2. The van der Waals surface area contributed by atoms with Crippen LogP contribution in [0.5, 0.6) is 0 Å². The fourth-order valence-electron chi connectivity index (χ4n) is 3.58. The average Bonchev–Trinajstić information content (AvgIpc) is 2.66. The molecule has 1 aliphatic heterocycles. The van der Waals surface area contributed by atoms with E-state index in [9.17, 15) is 13.7 Å². The number of nitriles is 1. The van der Waals surface area contributed by atoms with Gasteiger partial charge in [-0.3, -0.25) is 0 Å². The Morgan fingerprint density at radius 2 is 1.93 bits per heavy atom. The Hall–Kier alpha value is -2.58. The SMILES string of the molecule is Cc1ccc(S(=O)(=O)/C(C#N)=C/c2ccc3c(c2)CCCN3CC(C)C)cc1. The summed E-state index contributed by atoms with van der Waals surface area (Å²) in [7, 11) is -3.82. The van der Waals surface area contributed by atoms with Gasteiger partial charge in [0.05, 0.1) is 4.90 Å². The van der Waals surface area contributed by atoms with Crippen LogP contribution >= 0.6 is 0 Å². The maximum atomic E-state index is 12.8. The molecule has 1 aliphatic rings. The van der Waals surface area contributed by atoms with Crippen LogP contribution < -0.4 is 4.90 Å². The molecular weight excluding hydrogens is 368 g/mol. The fraction of sp³-hybridized carbons (Fsp3) is 0.348. The molecule has 0 saturated heterocycles. The van der Waals surface area contributed by atoms with E-state index in [-0.39, 0.29) is 9.80 Å². The summed E-state index contributed by atoms with van der Waals surface area (Å²) in [6.45, 7) is 8.37. The average molecular weight is 395 g/mol. The minimum Gasteiger partial charge on any atom is -0.371 e. The third kappa shape index (κ3) is 4.28. The molecule has 2 aromatic carbocycles. The maximum Gasteiger partial charge on any atom is 0.216 e. The smallest absolute Gasteiger partial charge is 0.216 e. The van der Waals surface area contributed by atoms with Crippen molar-refractivity contribution < 1.29 is 8.42 Å². The molecule has 0 N–H and O–H groups in total. The maximum absolute atomic E-state index is 12.8. The Morgan fingerprint density at radius 3 is 2.57 bits per heavy atom. The summed E-state index contributed by atoms with van der Waals surface area (Å²) in [5, 5.41) is 9.51. The van der Waals surface area contributed by atoms with Crippen molar-refractivity contribution in [1.29, 1.82) is 5.26 Å². The highest BCUT2D eigenvalue weighted by Gasteiger charge is 2.22. The number of nitrogens with zero attached hydrogens (tertiary/aromatic N) is 2. The normalized spacial score (nSPS) is 14.7. The summed E-state index contributed by atoms with van der Waals surface area (Å²) < 4.78 is 25.7. The molecule has 0 aliphatic carbocycles. The molecule has 28 heavy (non-hydrogen) atoms. The highest BCUT2D eigenvalue weighted by atomic mass is 32.2. The zero-order chi connectivity index (χ0) is 20.3. The second-order valence-electron chi connectivity index (χ2n) is 7.77. The van der Waals surface area contributed by atoms with Gasteiger partial charge in [-0.1, -0.05) is 37.6 Å². The molecular formula is C23H26N2O2S. The van der Waals surface area contributed by atoms with Gasteiger partial charge in [-0.15, -0.1) is 0 Å². The first-order valence-corrected chi connectivity index (χ1v) is 11.1. The van der Waals surface area contributed by atoms with Gasteiger partial charge in [0, 0.05) is 18.8 Å². The van der Waals surface area contributed by atoms with E-state index in [2.05, 4.69) is 24.8 Å². The minimum atomic E-state index is -3.82. The van der Waals surface area contributed by atoms with Gasteiger partial charge in [0.15, 0.2) is 0 Å². The lowest BCUT2D eigenvalue weighted by Gasteiger charge is -2.32. The Labute approximate surface area is 168 Å². The molecule has 4 nitrogen and oxygen atoms in total. The Bertz CT molecular complexity index is 1030. The van der Waals surface area contributed by atoms with Crippen LogP contribution in [0.2, 0.25) is 0 Å². The number of aryl methyl sites for hydroxylation is 2. The molecule has 0 unspecified atom stereocenters. The van der Waals surface area contributed by atoms with Crippen molar-refractivity contribution >= 4 is 21.6 Å². The van der Waals surface area contributed by atoms with Crippen LogP contribution in [-0.4, -0.2) is 21.5 Å². The van der Waals surface area contributed by atoms with Crippen molar-refractivity contribution in [1.82, 2.24) is 0 Å². The Kier molecular flexibility index (Phi) is 5.90. The summed E-state index contributed by atoms with van der Waals surface area (Å²) in [6, 6.07) is 14.4. The van der Waals surface area contributed by atoms with Crippen molar-refractivity contribution in [3.63, 3.8) is 0 Å². The first kappa shape index (κ1) is 20.2. The molecule has 0 fully saturated rings. The van der Waals surface area contributed by atoms with Gasteiger partial charge in [-0.2, -0.15) is 5.26 Å².